The lowest BCUT2D eigenvalue weighted by Crippen LogP contribution is -2.56. The van der Waals surface area contributed by atoms with Gasteiger partial charge in [-0.3, -0.25) is 0 Å². The average Bonchev–Trinajstić information content (AvgIpc) is 3.87. The van der Waals surface area contributed by atoms with Gasteiger partial charge in [0.15, 0.2) is 0 Å². The van der Waals surface area contributed by atoms with Gasteiger partial charge in [0.1, 0.15) is 0 Å². The Balaban J connectivity index is 0.000000125. The van der Waals surface area contributed by atoms with E-state index in [2.05, 4.69) is 83.1 Å². The molecular weight excluding hydrogens is 657 g/mol. The second-order valence-corrected chi connectivity index (χ2v) is 24.7. The van der Waals surface area contributed by atoms with Crippen molar-refractivity contribution < 1.29 is 9.47 Å². The molecule has 2 aliphatic heterocycles. The summed E-state index contributed by atoms with van der Waals surface area (Å²) in [7, 11) is 0. The Hall–Kier alpha value is -0.0800. The largest absolute Gasteiger partial charge is 0.375 e. The molecule has 2 heterocycles. The van der Waals surface area contributed by atoms with Crippen LogP contribution in [0, 0.1) is 73.4 Å². The van der Waals surface area contributed by atoms with Crippen LogP contribution in [0.25, 0.3) is 0 Å². The highest BCUT2D eigenvalue weighted by Gasteiger charge is 2.63. The normalized spacial score (nSPS) is 50.7. The molecule has 7 aliphatic carbocycles. The van der Waals surface area contributed by atoms with Crippen LogP contribution in [0.1, 0.15) is 231 Å². The van der Waals surface area contributed by atoms with Gasteiger partial charge >= 0.3 is 0 Å². The third kappa shape index (κ3) is 6.50. The molecular formula is C52H92O2. The maximum Gasteiger partial charge on any atom is 0.0714 e. The smallest absolute Gasteiger partial charge is 0.0714 e. The van der Waals surface area contributed by atoms with Crippen LogP contribution in [0.5, 0.6) is 0 Å². The van der Waals surface area contributed by atoms with Crippen molar-refractivity contribution in [2.75, 3.05) is 13.2 Å². The van der Waals surface area contributed by atoms with Crippen molar-refractivity contribution in [1.29, 1.82) is 0 Å². The molecule has 0 aromatic heterocycles. The van der Waals surface area contributed by atoms with E-state index in [9.17, 15) is 0 Å². The first-order chi connectivity index (χ1) is 25.3. The minimum absolute atomic E-state index is 0.249. The molecule has 54 heavy (non-hydrogen) atoms. The number of ether oxygens (including phenoxy) is 2. The summed E-state index contributed by atoms with van der Waals surface area (Å²) in [5.74, 6) is 5.55. The van der Waals surface area contributed by atoms with Crippen molar-refractivity contribution in [3.63, 3.8) is 0 Å². The molecule has 0 aromatic rings. The minimum atomic E-state index is 0.249. The fourth-order valence-electron chi connectivity index (χ4n) is 19.1. The van der Waals surface area contributed by atoms with Crippen molar-refractivity contribution in [1.82, 2.24) is 0 Å². The van der Waals surface area contributed by atoms with E-state index in [1.54, 1.807) is 0 Å². The van der Waals surface area contributed by atoms with Crippen molar-refractivity contribution in [2.24, 2.45) is 73.4 Å². The standard InChI is InChI=1S/C18H32.2C17H30O/c1-5-18-12-6-8-15(18)17(4)11-7-10-16(2,3)14(17)9-13-18;2*1-5-17-11-7-13-15(2,3)9-6-10-16(13,4)14(17)8-12-18-17/h14-15H,5-13H2,1-4H3;2*13-14H,5-12H2,1-4H3/t14-,15-,17-,18+;13-,14-,16?,17+;13-,14-,16+,17+/m000/s1. The van der Waals surface area contributed by atoms with Gasteiger partial charge in [0.25, 0.3) is 0 Å². The molecule has 0 bridgehead atoms. The molecule has 9 rings (SSSR count). The van der Waals surface area contributed by atoms with Gasteiger partial charge in [-0.1, -0.05) is 115 Å². The number of hydrogen-bond acceptors (Lipinski definition) is 2. The Morgan fingerprint density at radius 1 is 0.352 bits per heavy atom. The molecule has 2 heteroatoms. The van der Waals surface area contributed by atoms with E-state index in [-0.39, 0.29) is 11.2 Å². The summed E-state index contributed by atoms with van der Waals surface area (Å²) in [4.78, 5) is 0. The third-order valence-corrected chi connectivity index (χ3v) is 21.5. The Labute approximate surface area is 337 Å². The minimum Gasteiger partial charge on any atom is -0.375 e. The highest BCUT2D eigenvalue weighted by molar-refractivity contribution is 5.13. The molecule has 9 aliphatic rings. The molecule has 0 aromatic carbocycles. The summed E-state index contributed by atoms with van der Waals surface area (Å²) in [6.07, 6.45) is 32.7. The van der Waals surface area contributed by atoms with E-state index in [1.165, 1.54) is 148 Å². The van der Waals surface area contributed by atoms with Gasteiger partial charge in [-0.25, -0.2) is 0 Å². The van der Waals surface area contributed by atoms with Crippen LogP contribution in [-0.4, -0.2) is 24.4 Å². The quantitative estimate of drug-likeness (QED) is 0.286. The Bertz CT molecular complexity index is 1160. The lowest BCUT2D eigenvalue weighted by atomic mass is 9.43. The van der Waals surface area contributed by atoms with Crippen molar-refractivity contribution in [3.05, 3.63) is 0 Å². The predicted octanol–water partition coefficient (Wildman–Crippen LogP) is 15.4. The zero-order valence-corrected chi connectivity index (χ0v) is 38.5. The van der Waals surface area contributed by atoms with Crippen molar-refractivity contribution >= 4 is 0 Å². The number of fused-ring (bicyclic) bond motifs is 9. The lowest BCUT2D eigenvalue weighted by Gasteiger charge is -2.61. The second-order valence-electron chi connectivity index (χ2n) is 24.7. The second kappa shape index (κ2) is 14.6. The zero-order chi connectivity index (χ0) is 39.1. The Kier molecular flexibility index (Phi) is 11.4. The van der Waals surface area contributed by atoms with Gasteiger partial charge in [0.2, 0.25) is 0 Å². The van der Waals surface area contributed by atoms with Crippen LogP contribution in [0.4, 0.5) is 0 Å². The Morgan fingerprint density at radius 2 is 0.741 bits per heavy atom. The predicted molar refractivity (Wildman–Crippen MR) is 230 cm³/mol. The van der Waals surface area contributed by atoms with Gasteiger partial charge in [-0.15, -0.1) is 0 Å². The molecule has 0 N–H and O–H groups in total. The zero-order valence-electron chi connectivity index (χ0n) is 38.5. The monoisotopic (exact) mass is 749 g/mol. The fourth-order valence-corrected chi connectivity index (χ4v) is 19.1. The molecule has 312 valence electrons. The van der Waals surface area contributed by atoms with Crippen LogP contribution in [-0.2, 0) is 9.47 Å². The molecule has 0 amide bonds. The Morgan fingerprint density at radius 3 is 1.13 bits per heavy atom. The molecule has 2 saturated heterocycles. The van der Waals surface area contributed by atoms with Crippen LogP contribution in [0.15, 0.2) is 0 Å². The first-order valence-corrected chi connectivity index (χ1v) is 24.6. The van der Waals surface area contributed by atoms with E-state index >= 15 is 0 Å². The molecule has 0 spiro atoms. The maximum absolute atomic E-state index is 6.28. The first-order valence-electron chi connectivity index (χ1n) is 24.6. The third-order valence-electron chi connectivity index (χ3n) is 21.5. The van der Waals surface area contributed by atoms with Gasteiger partial charge in [0.05, 0.1) is 11.2 Å². The van der Waals surface area contributed by atoms with E-state index in [0.29, 0.717) is 32.5 Å². The lowest BCUT2D eigenvalue weighted by molar-refractivity contribution is -0.156. The number of rotatable bonds is 3. The van der Waals surface area contributed by atoms with Crippen LogP contribution >= 0.6 is 0 Å². The molecule has 7 saturated carbocycles. The SMILES string of the molecule is CC[C@@]12CC[C@H]3C(C)(C)CCCC3(C)[C@@H]1CCO2.CC[C@@]12CC[C@H]3C(C)(C)CCC[C@@]3(C)[C@@H]1CCO2.CC[C@]12CCC[C@H]1[C@@]1(C)CCCC(C)(C)[C@@H]1CC2. The average molecular weight is 749 g/mol. The molecule has 0 radical (unpaired) electrons. The number of hydrogen-bond donors (Lipinski definition) is 0. The summed E-state index contributed by atoms with van der Waals surface area (Å²) in [5.41, 5.74) is 4.72. The van der Waals surface area contributed by atoms with Crippen LogP contribution in [0.2, 0.25) is 0 Å². The molecule has 12 atom stereocenters. The van der Waals surface area contributed by atoms with Crippen molar-refractivity contribution in [3.8, 4) is 0 Å². The van der Waals surface area contributed by atoms with Gasteiger partial charge in [-0.2, -0.15) is 0 Å². The fraction of sp³-hybridized carbons (Fsp3) is 1.00. The topological polar surface area (TPSA) is 18.5 Å². The summed E-state index contributed by atoms with van der Waals surface area (Å²) < 4.78 is 12.6. The summed E-state index contributed by atoms with van der Waals surface area (Å²) >= 11 is 0. The van der Waals surface area contributed by atoms with Gasteiger partial charge < -0.3 is 9.47 Å². The van der Waals surface area contributed by atoms with E-state index < -0.39 is 0 Å². The summed E-state index contributed by atoms with van der Waals surface area (Å²) in [6.45, 7) is 32.2. The summed E-state index contributed by atoms with van der Waals surface area (Å²) in [6, 6.07) is 0. The maximum atomic E-state index is 6.28. The van der Waals surface area contributed by atoms with Crippen LogP contribution in [0.3, 0.4) is 0 Å². The van der Waals surface area contributed by atoms with E-state index in [0.717, 1.165) is 54.1 Å². The molecule has 2 nitrogen and oxygen atoms in total. The highest BCUT2D eigenvalue weighted by atomic mass is 16.5. The first kappa shape index (κ1) is 42.1. The van der Waals surface area contributed by atoms with E-state index in [4.69, 9.17) is 9.47 Å². The van der Waals surface area contributed by atoms with Gasteiger partial charge in [0, 0.05) is 13.2 Å². The molecule has 9 fully saturated rings. The summed E-state index contributed by atoms with van der Waals surface area (Å²) in [5, 5.41) is 0. The highest BCUT2D eigenvalue weighted by Crippen LogP contribution is 2.70. The van der Waals surface area contributed by atoms with Gasteiger partial charge in [-0.05, 0) is 189 Å². The molecule has 1 unspecified atom stereocenters. The van der Waals surface area contributed by atoms with Crippen molar-refractivity contribution in [2.45, 2.75) is 242 Å². The van der Waals surface area contributed by atoms with E-state index in [1.807, 2.05) is 0 Å². The van der Waals surface area contributed by atoms with Crippen LogP contribution < -0.4 is 0 Å².